The van der Waals surface area contributed by atoms with Gasteiger partial charge in [-0.1, -0.05) is 17.3 Å². The Morgan fingerprint density at radius 2 is 2.07 bits per heavy atom. The number of nitrogens with zero attached hydrogens (tertiary/aromatic N) is 1. The Kier molecular flexibility index (Phi) is 3.79. The van der Waals surface area contributed by atoms with Crippen LogP contribution in [0.5, 0.6) is 0 Å². The molecular weight excluding hydrogens is 180 g/mol. The molecule has 1 aromatic carbocycles. The number of nitrogens with two attached hydrogens (primary N) is 1. The summed E-state index contributed by atoms with van der Waals surface area (Å²) >= 11 is 0. The molecule has 0 atom stereocenters. The van der Waals surface area contributed by atoms with Gasteiger partial charge in [-0.05, 0) is 18.6 Å². The molecule has 4 nitrogen and oxygen atoms in total. The van der Waals surface area contributed by atoms with Gasteiger partial charge in [-0.25, -0.2) is 0 Å². The molecule has 0 amide bonds. The normalized spacial score (nSPS) is 9.71. The fourth-order valence-electron chi connectivity index (χ4n) is 1.19. The van der Waals surface area contributed by atoms with Crippen molar-refractivity contribution < 1.29 is 4.79 Å². The molecule has 0 radical (unpaired) electrons. The van der Waals surface area contributed by atoms with Gasteiger partial charge in [0, 0.05) is 17.7 Å². The van der Waals surface area contributed by atoms with Crippen molar-refractivity contribution in [3.8, 4) is 0 Å². The lowest BCUT2D eigenvalue weighted by Gasteiger charge is -2.02. The van der Waals surface area contributed by atoms with Gasteiger partial charge in [-0.3, -0.25) is 4.79 Å². The third kappa shape index (κ3) is 2.65. The topological polar surface area (TPSA) is 72.5 Å². The molecule has 0 aliphatic heterocycles. The number of nitrogen functional groups attached to an aromatic ring is 1. The van der Waals surface area contributed by atoms with Gasteiger partial charge in [-0.2, -0.15) is 4.91 Å². The standard InChI is InChI=1S/C10H12N2O2/c11-9-5-2-1-4-8(9)10(13)6-3-7-12-14/h1-2,4-5H,3,6-7,11H2. The maximum Gasteiger partial charge on any atom is 0.165 e. The van der Waals surface area contributed by atoms with E-state index in [2.05, 4.69) is 5.18 Å². The molecule has 4 heteroatoms. The van der Waals surface area contributed by atoms with E-state index in [0.29, 0.717) is 24.1 Å². The van der Waals surface area contributed by atoms with Crippen LogP contribution in [-0.2, 0) is 0 Å². The Morgan fingerprint density at radius 3 is 2.71 bits per heavy atom. The van der Waals surface area contributed by atoms with E-state index in [1.807, 2.05) is 0 Å². The van der Waals surface area contributed by atoms with E-state index in [-0.39, 0.29) is 12.3 Å². The summed E-state index contributed by atoms with van der Waals surface area (Å²) in [5.74, 6) is -0.0354. The second kappa shape index (κ2) is 5.11. The van der Waals surface area contributed by atoms with Crippen LogP contribution in [0.1, 0.15) is 23.2 Å². The average molecular weight is 192 g/mol. The third-order valence-electron chi connectivity index (χ3n) is 1.91. The van der Waals surface area contributed by atoms with E-state index in [4.69, 9.17) is 5.73 Å². The van der Waals surface area contributed by atoms with Crippen LogP contribution in [0.25, 0.3) is 0 Å². The van der Waals surface area contributed by atoms with Crippen molar-refractivity contribution in [1.82, 2.24) is 0 Å². The Hall–Kier alpha value is -1.71. The summed E-state index contributed by atoms with van der Waals surface area (Å²) in [7, 11) is 0. The summed E-state index contributed by atoms with van der Waals surface area (Å²) in [5, 5.41) is 2.69. The lowest BCUT2D eigenvalue weighted by molar-refractivity contribution is 0.0981. The zero-order chi connectivity index (χ0) is 10.4. The number of para-hydroxylation sites is 1. The molecule has 74 valence electrons. The van der Waals surface area contributed by atoms with Crippen LogP contribution in [0.15, 0.2) is 29.4 Å². The van der Waals surface area contributed by atoms with Crippen molar-refractivity contribution in [3.05, 3.63) is 34.7 Å². The summed E-state index contributed by atoms with van der Waals surface area (Å²) < 4.78 is 0. The molecule has 2 N–H and O–H groups in total. The molecule has 1 rings (SSSR count). The van der Waals surface area contributed by atoms with Crippen LogP contribution < -0.4 is 5.73 Å². The van der Waals surface area contributed by atoms with Gasteiger partial charge in [0.2, 0.25) is 0 Å². The molecule has 0 aromatic heterocycles. The van der Waals surface area contributed by atoms with E-state index in [9.17, 15) is 9.70 Å². The first-order valence-electron chi connectivity index (χ1n) is 4.42. The lowest BCUT2D eigenvalue weighted by atomic mass is 10.1. The molecule has 0 unspecified atom stereocenters. The van der Waals surface area contributed by atoms with Crippen molar-refractivity contribution in [2.24, 2.45) is 5.18 Å². The maximum absolute atomic E-state index is 11.5. The van der Waals surface area contributed by atoms with Gasteiger partial charge in [0.1, 0.15) is 0 Å². The van der Waals surface area contributed by atoms with Crippen molar-refractivity contribution >= 4 is 11.5 Å². The van der Waals surface area contributed by atoms with Gasteiger partial charge in [-0.15, -0.1) is 0 Å². The Labute approximate surface area is 82.1 Å². The Balaban J connectivity index is 2.60. The van der Waals surface area contributed by atoms with E-state index in [1.54, 1.807) is 24.3 Å². The molecule has 0 heterocycles. The average Bonchev–Trinajstić information content (AvgIpc) is 2.18. The fraction of sp³-hybridized carbons (Fsp3) is 0.300. The number of rotatable bonds is 5. The first kappa shape index (κ1) is 10.4. The van der Waals surface area contributed by atoms with Gasteiger partial charge in [0.25, 0.3) is 0 Å². The monoisotopic (exact) mass is 192 g/mol. The highest BCUT2D eigenvalue weighted by atomic mass is 16.3. The van der Waals surface area contributed by atoms with Gasteiger partial charge in [0.05, 0.1) is 6.54 Å². The van der Waals surface area contributed by atoms with Crippen LogP contribution in [0.4, 0.5) is 5.69 Å². The molecular formula is C10H12N2O2. The zero-order valence-corrected chi connectivity index (χ0v) is 7.77. The van der Waals surface area contributed by atoms with E-state index in [0.717, 1.165) is 0 Å². The first-order chi connectivity index (χ1) is 6.75. The Morgan fingerprint density at radius 1 is 1.36 bits per heavy atom. The number of hydrogen-bond donors (Lipinski definition) is 1. The summed E-state index contributed by atoms with van der Waals surface area (Å²) in [6.07, 6.45) is 0.802. The summed E-state index contributed by atoms with van der Waals surface area (Å²) in [4.78, 5) is 21.3. The highest BCUT2D eigenvalue weighted by molar-refractivity contribution is 6.00. The predicted octanol–water partition coefficient (Wildman–Crippen LogP) is 2.00. The zero-order valence-electron chi connectivity index (χ0n) is 7.77. The maximum atomic E-state index is 11.5. The van der Waals surface area contributed by atoms with Crippen LogP contribution in [-0.4, -0.2) is 12.3 Å². The molecule has 0 aliphatic carbocycles. The molecule has 0 fully saturated rings. The van der Waals surface area contributed by atoms with Crippen molar-refractivity contribution in [2.45, 2.75) is 12.8 Å². The molecule has 0 spiro atoms. The number of carbonyl (C=O) groups is 1. The summed E-state index contributed by atoms with van der Waals surface area (Å²) in [6.45, 7) is 0.179. The summed E-state index contributed by atoms with van der Waals surface area (Å²) in [5.41, 5.74) is 6.63. The SMILES string of the molecule is Nc1ccccc1C(=O)CCCN=O. The fourth-order valence-corrected chi connectivity index (χ4v) is 1.19. The van der Waals surface area contributed by atoms with Crippen LogP contribution >= 0.6 is 0 Å². The number of Topliss-reactive ketones (excluding diaryl/α,β-unsaturated/α-hetero) is 1. The number of hydrogen-bond acceptors (Lipinski definition) is 4. The highest BCUT2D eigenvalue weighted by Gasteiger charge is 2.07. The molecule has 0 aliphatic rings. The molecule has 0 saturated carbocycles. The van der Waals surface area contributed by atoms with E-state index < -0.39 is 0 Å². The highest BCUT2D eigenvalue weighted by Crippen LogP contribution is 2.13. The minimum Gasteiger partial charge on any atom is -0.398 e. The van der Waals surface area contributed by atoms with Gasteiger partial charge < -0.3 is 5.73 Å². The smallest absolute Gasteiger partial charge is 0.165 e. The van der Waals surface area contributed by atoms with Crippen LogP contribution in [0.2, 0.25) is 0 Å². The number of benzene rings is 1. The van der Waals surface area contributed by atoms with Crippen LogP contribution in [0, 0.1) is 4.91 Å². The molecule has 0 saturated heterocycles. The minimum atomic E-state index is -0.0354. The molecule has 1 aromatic rings. The molecule has 14 heavy (non-hydrogen) atoms. The second-order valence-electron chi connectivity index (χ2n) is 2.97. The molecule has 0 bridgehead atoms. The largest absolute Gasteiger partial charge is 0.398 e. The number of ketones is 1. The van der Waals surface area contributed by atoms with Crippen molar-refractivity contribution in [2.75, 3.05) is 12.3 Å². The number of anilines is 1. The lowest BCUT2D eigenvalue weighted by Crippen LogP contribution is -2.03. The predicted molar refractivity (Wildman–Crippen MR) is 55.1 cm³/mol. The Bertz CT molecular complexity index is 337. The van der Waals surface area contributed by atoms with Gasteiger partial charge in [0.15, 0.2) is 5.78 Å². The first-order valence-corrected chi connectivity index (χ1v) is 4.42. The van der Waals surface area contributed by atoms with Crippen molar-refractivity contribution in [1.29, 1.82) is 0 Å². The summed E-state index contributed by atoms with van der Waals surface area (Å²) in [6, 6.07) is 6.91. The minimum absolute atomic E-state index is 0.0354. The van der Waals surface area contributed by atoms with E-state index >= 15 is 0 Å². The van der Waals surface area contributed by atoms with Crippen molar-refractivity contribution in [3.63, 3.8) is 0 Å². The van der Waals surface area contributed by atoms with E-state index in [1.165, 1.54) is 0 Å². The van der Waals surface area contributed by atoms with Gasteiger partial charge >= 0.3 is 0 Å². The quantitative estimate of drug-likeness (QED) is 0.335. The van der Waals surface area contributed by atoms with Crippen LogP contribution in [0.3, 0.4) is 0 Å². The number of carbonyl (C=O) groups excluding carboxylic acids is 1. The third-order valence-corrected chi connectivity index (χ3v) is 1.91. The number of nitroso groups, excluding NO2 is 1. The second-order valence-corrected chi connectivity index (χ2v) is 2.97.